The van der Waals surface area contributed by atoms with Gasteiger partial charge >= 0.3 is 0 Å². The molecule has 0 fully saturated rings. The van der Waals surface area contributed by atoms with E-state index in [-0.39, 0.29) is 5.91 Å². The summed E-state index contributed by atoms with van der Waals surface area (Å²) in [6.45, 7) is 4.02. The first-order chi connectivity index (χ1) is 15.0. The van der Waals surface area contributed by atoms with Crippen LogP contribution in [-0.2, 0) is 0 Å². The maximum atomic E-state index is 12.4. The normalized spacial score (nSPS) is 10.5. The van der Waals surface area contributed by atoms with Gasteiger partial charge in [0.1, 0.15) is 11.5 Å². The number of amides is 1. The Morgan fingerprint density at radius 2 is 1.77 bits per heavy atom. The number of carbonyl (C=O) groups excluding carboxylic acids is 1. The first kappa shape index (κ1) is 20.5. The Morgan fingerprint density at radius 3 is 2.42 bits per heavy atom. The third-order valence-electron chi connectivity index (χ3n) is 4.58. The number of thiazole rings is 1. The predicted molar refractivity (Wildman–Crippen MR) is 120 cm³/mol. The first-order valence-electron chi connectivity index (χ1n) is 9.50. The van der Waals surface area contributed by atoms with Gasteiger partial charge in [-0.15, -0.1) is 11.3 Å². The molecule has 0 aliphatic carbocycles. The monoisotopic (exact) mass is 432 g/mol. The summed E-state index contributed by atoms with van der Waals surface area (Å²) in [4.78, 5) is 25.0. The third-order valence-corrected chi connectivity index (χ3v) is 5.34. The third kappa shape index (κ3) is 4.70. The van der Waals surface area contributed by atoms with Crippen molar-refractivity contribution in [2.75, 3.05) is 12.4 Å². The largest absolute Gasteiger partial charge is 0.481 e. The summed E-state index contributed by atoms with van der Waals surface area (Å²) in [5.41, 5.74) is 4.40. The SMILES string of the molecule is COc1ccc(Oc2cc(C)c(-c3csc(NC(=O)c4ccncc4)n3)c(C)c2)cn1. The van der Waals surface area contributed by atoms with Crippen LogP contribution < -0.4 is 14.8 Å². The number of rotatable bonds is 6. The predicted octanol–water partition coefficient (Wildman–Crippen LogP) is 5.27. The molecule has 3 aromatic heterocycles. The highest BCUT2D eigenvalue weighted by molar-refractivity contribution is 7.14. The summed E-state index contributed by atoms with van der Waals surface area (Å²) in [6.07, 6.45) is 4.79. The van der Waals surface area contributed by atoms with Gasteiger partial charge in [-0.25, -0.2) is 9.97 Å². The lowest BCUT2D eigenvalue weighted by atomic mass is 10.0. The summed E-state index contributed by atoms with van der Waals surface area (Å²) in [5, 5.41) is 5.32. The fourth-order valence-corrected chi connectivity index (χ4v) is 3.89. The van der Waals surface area contributed by atoms with Crippen molar-refractivity contribution in [2.24, 2.45) is 0 Å². The summed E-state index contributed by atoms with van der Waals surface area (Å²) >= 11 is 1.39. The van der Waals surface area contributed by atoms with Crippen LogP contribution in [0.15, 0.2) is 60.4 Å². The zero-order valence-electron chi connectivity index (χ0n) is 17.2. The Morgan fingerprint density at radius 1 is 1.03 bits per heavy atom. The number of ether oxygens (including phenoxy) is 2. The molecule has 0 saturated carbocycles. The minimum absolute atomic E-state index is 0.214. The number of nitrogens with one attached hydrogen (secondary N) is 1. The maximum absolute atomic E-state index is 12.4. The van der Waals surface area contributed by atoms with E-state index in [9.17, 15) is 4.79 Å². The number of carbonyl (C=O) groups is 1. The van der Waals surface area contributed by atoms with Crippen LogP contribution in [0.1, 0.15) is 21.5 Å². The summed E-state index contributed by atoms with van der Waals surface area (Å²) in [5.74, 6) is 1.66. The van der Waals surface area contributed by atoms with E-state index in [1.165, 1.54) is 11.3 Å². The van der Waals surface area contributed by atoms with Crippen molar-refractivity contribution in [1.29, 1.82) is 0 Å². The highest BCUT2D eigenvalue weighted by atomic mass is 32.1. The van der Waals surface area contributed by atoms with Crippen LogP contribution in [0.4, 0.5) is 5.13 Å². The molecule has 0 radical (unpaired) electrons. The highest BCUT2D eigenvalue weighted by Gasteiger charge is 2.14. The fraction of sp³-hybridized carbons (Fsp3) is 0.130. The molecule has 1 aromatic carbocycles. The van der Waals surface area contributed by atoms with E-state index in [2.05, 4.69) is 20.3 Å². The lowest BCUT2D eigenvalue weighted by molar-refractivity contribution is 0.102. The Hall–Kier alpha value is -3.78. The Kier molecular flexibility index (Phi) is 5.90. The molecule has 156 valence electrons. The van der Waals surface area contributed by atoms with Crippen LogP contribution >= 0.6 is 11.3 Å². The summed E-state index contributed by atoms with van der Waals surface area (Å²) in [6, 6.07) is 10.8. The second kappa shape index (κ2) is 8.93. The summed E-state index contributed by atoms with van der Waals surface area (Å²) < 4.78 is 11.0. The van der Waals surface area contributed by atoms with Gasteiger partial charge in [0.2, 0.25) is 5.88 Å². The second-order valence-corrected chi connectivity index (χ2v) is 7.66. The van der Waals surface area contributed by atoms with Gasteiger partial charge in [-0.3, -0.25) is 15.1 Å². The van der Waals surface area contributed by atoms with Gasteiger partial charge < -0.3 is 9.47 Å². The van der Waals surface area contributed by atoms with Crippen molar-refractivity contribution >= 4 is 22.4 Å². The van der Waals surface area contributed by atoms with Gasteiger partial charge in [0, 0.05) is 35.0 Å². The van der Waals surface area contributed by atoms with E-state index >= 15 is 0 Å². The average molecular weight is 433 g/mol. The molecule has 4 aromatic rings. The molecule has 0 aliphatic heterocycles. The molecule has 4 rings (SSSR count). The number of aromatic nitrogens is 3. The van der Waals surface area contributed by atoms with Crippen LogP contribution in [0.5, 0.6) is 17.4 Å². The van der Waals surface area contributed by atoms with Crippen molar-refractivity contribution in [3.8, 4) is 28.6 Å². The van der Waals surface area contributed by atoms with Gasteiger partial charge in [0.25, 0.3) is 5.91 Å². The van der Waals surface area contributed by atoms with E-state index in [0.29, 0.717) is 28.1 Å². The molecule has 0 unspecified atom stereocenters. The smallest absolute Gasteiger partial charge is 0.257 e. The lowest BCUT2D eigenvalue weighted by Crippen LogP contribution is -2.11. The van der Waals surface area contributed by atoms with Crippen molar-refractivity contribution in [3.63, 3.8) is 0 Å². The average Bonchev–Trinajstić information content (AvgIpc) is 3.22. The Bertz CT molecular complexity index is 1180. The molecule has 7 nitrogen and oxygen atoms in total. The molecule has 0 atom stereocenters. The van der Waals surface area contributed by atoms with Crippen LogP contribution in [0, 0.1) is 13.8 Å². The van der Waals surface area contributed by atoms with Crippen LogP contribution in [0.25, 0.3) is 11.3 Å². The Balaban J connectivity index is 1.52. The topological polar surface area (TPSA) is 86.2 Å². The maximum Gasteiger partial charge on any atom is 0.257 e. The lowest BCUT2D eigenvalue weighted by Gasteiger charge is -2.12. The van der Waals surface area contributed by atoms with Crippen molar-refractivity contribution in [2.45, 2.75) is 13.8 Å². The number of hydrogen-bond acceptors (Lipinski definition) is 7. The number of nitrogens with zero attached hydrogens (tertiary/aromatic N) is 3. The van der Waals surface area contributed by atoms with Gasteiger partial charge in [-0.1, -0.05) is 0 Å². The van der Waals surface area contributed by atoms with Crippen LogP contribution in [-0.4, -0.2) is 28.0 Å². The zero-order valence-corrected chi connectivity index (χ0v) is 18.1. The second-order valence-electron chi connectivity index (χ2n) is 6.80. The zero-order chi connectivity index (χ0) is 21.8. The number of aryl methyl sites for hydroxylation is 2. The van der Waals surface area contributed by atoms with Gasteiger partial charge in [0.05, 0.1) is 19.0 Å². The van der Waals surface area contributed by atoms with Crippen molar-refractivity contribution < 1.29 is 14.3 Å². The molecule has 0 spiro atoms. The number of benzene rings is 1. The minimum Gasteiger partial charge on any atom is -0.481 e. The van der Waals surface area contributed by atoms with E-state index < -0.39 is 0 Å². The highest BCUT2D eigenvalue weighted by Crippen LogP contribution is 2.34. The number of anilines is 1. The van der Waals surface area contributed by atoms with E-state index in [1.54, 1.807) is 43.9 Å². The quantitative estimate of drug-likeness (QED) is 0.447. The number of hydrogen-bond donors (Lipinski definition) is 1. The number of methoxy groups -OCH3 is 1. The molecule has 1 N–H and O–H groups in total. The van der Waals surface area contributed by atoms with E-state index in [1.807, 2.05) is 37.4 Å². The van der Waals surface area contributed by atoms with Crippen molar-refractivity contribution in [1.82, 2.24) is 15.0 Å². The van der Waals surface area contributed by atoms with Gasteiger partial charge in [0.15, 0.2) is 5.13 Å². The molecule has 0 bridgehead atoms. The van der Waals surface area contributed by atoms with E-state index in [0.717, 1.165) is 22.4 Å². The minimum atomic E-state index is -0.214. The van der Waals surface area contributed by atoms with Crippen molar-refractivity contribution in [3.05, 3.63) is 77.1 Å². The standard InChI is InChI=1S/C23H20N4O3S/c1-14-10-18(30-17-4-5-20(29-3)25-12-17)11-15(2)21(14)19-13-31-23(26-19)27-22(28)16-6-8-24-9-7-16/h4-13H,1-3H3,(H,26,27,28). The molecular weight excluding hydrogens is 412 g/mol. The Labute approximate surface area is 183 Å². The molecule has 3 heterocycles. The van der Waals surface area contributed by atoms with E-state index in [4.69, 9.17) is 9.47 Å². The molecule has 0 aliphatic rings. The molecule has 0 saturated heterocycles. The van der Waals surface area contributed by atoms with Crippen LogP contribution in [0.3, 0.4) is 0 Å². The van der Waals surface area contributed by atoms with Crippen LogP contribution in [0.2, 0.25) is 0 Å². The summed E-state index contributed by atoms with van der Waals surface area (Å²) in [7, 11) is 1.57. The van der Waals surface area contributed by atoms with Gasteiger partial charge in [-0.2, -0.15) is 0 Å². The molecule has 31 heavy (non-hydrogen) atoms. The molecule has 8 heteroatoms. The molecule has 1 amide bonds. The first-order valence-corrected chi connectivity index (χ1v) is 10.4. The fourth-order valence-electron chi connectivity index (χ4n) is 3.19. The number of pyridine rings is 2. The van der Waals surface area contributed by atoms with Gasteiger partial charge in [-0.05, 0) is 55.3 Å². The molecular formula is C23H20N4O3S.